The Morgan fingerprint density at radius 2 is 1.47 bits per heavy atom. The van der Waals surface area contributed by atoms with Gasteiger partial charge in [0.25, 0.3) is 0 Å². The number of hydrogen-bond acceptors (Lipinski definition) is 4. The fraction of sp³-hybridized carbons (Fsp3) is 0.500. The lowest BCUT2D eigenvalue weighted by molar-refractivity contribution is -0.941. The van der Waals surface area contributed by atoms with E-state index < -0.39 is 0 Å². The van der Waals surface area contributed by atoms with Crippen molar-refractivity contribution in [3.8, 4) is 23.0 Å². The molecule has 2 aromatic rings. The number of quaternary nitrogens is 1. The Morgan fingerprint density at radius 3 is 2.07 bits per heavy atom. The fourth-order valence-corrected chi connectivity index (χ4v) is 4.67. The van der Waals surface area contributed by atoms with Gasteiger partial charge < -0.3 is 47.4 Å². The van der Waals surface area contributed by atoms with Crippen molar-refractivity contribution >= 4 is 0 Å². The highest BCUT2D eigenvalue weighted by Crippen LogP contribution is 2.43. The summed E-state index contributed by atoms with van der Waals surface area (Å²) in [5.74, 6) is 3.15. The summed E-state index contributed by atoms with van der Waals surface area (Å²) in [5.41, 5.74) is 3.97. The molecule has 0 spiro atoms. The Hall–Kier alpha value is -1.67. The molecule has 30 heavy (non-hydrogen) atoms. The van der Waals surface area contributed by atoms with E-state index in [-0.39, 0.29) is 24.0 Å². The molecule has 1 aliphatic rings. The van der Waals surface area contributed by atoms with Crippen LogP contribution >= 0.6 is 0 Å². The Labute approximate surface area is 197 Å². The minimum atomic E-state index is 0. The predicted molar refractivity (Wildman–Crippen MR) is 115 cm³/mol. The Morgan fingerprint density at radius 1 is 0.867 bits per heavy atom. The van der Waals surface area contributed by atoms with Gasteiger partial charge >= 0.3 is 0 Å². The lowest BCUT2D eigenvalue weighted by Gasteiger charge is -2.46. The van der Waals surface area contributed by atoms with E-state index in [1.807, 2.05) is 6.07 Å². The number of rotatable bonds is 8. The van der Waals surface area contributed by atoms with Crippen LogP contribution in [0.3, 0.4) is 0 Å². The van der Waals surface area contributed by atoms with Gasteiger partial charge in [0.1, 0.15) is 6.04 Å². The van der Waals surface area contributed by atoms with Gasteiger partial charge in [0.05, 0.1) is 48.6 Å². The van der Waals surface area contributed by atoms with Crippen molar-refractivity contribution in [1.82, 2.24) is 0 Å². The van der Waals surface area contributed by atoms with Crippen LogP contribution in [-0.2, 0) is 12.8 Å². The van der Waals surface area contributed by atoms with Gasteiger partial charge in [-0.2, -0.15) is 0 Å². The molecule has 0 fully saturated rings. The van der Waals surface area contributed by atoms with Gasteiger partial charge in [-0.15, -0.1) is 0 Å². The summed E-state index contributed by atoms with van der Waals surface area (Å²) in [7, 11) is 9.15. The summed E-state index contributed by atoms with van der Waals surface area (Å²) in [4.78, 5) is 0. The molecule has 2 atom stereocenters. The molecule has 2 unspecified atom stereocenters. The Kier molecular flexibility index (Phi) is 8.67. The monoisotopic (exact) mass is 527 g/mol. The van der Waals surface area contributed by atoms with Crippen molar-refractivity contribution in [2.24, 2.45) is 0 Å². The number of methoxy groups -OCH3 is 4. The average Bonchev–Trinajstić information content (AvgIpc) is 2.74. The third-order valence-electron chi connectivity index (χ3n) is 6.26. The summed E-state index contributed by atoms with van der Waals surface area (Å²) >= 11 is 0. The third kappa shape index (κ3) is 4.80. The van der Waals surface area contributed by atoms with E-state index in [4.69, 9.17) is 18.9 Å². The molecule has 166 valence electrons. The molecule has 0 saturated carbocycles. The highest BCUT2D eigenvalue weighted by Gasteiger charge is 2.39. The maximum Gasteiger partial charge on any atom is 0.161 e. The van der Waals surface area contributed by atoms with E-state index >= 15 is 0 Å². The van der Waals surface area contributed by atoms with Crippen LogP contribution in [0, 0.1) is 0 Å². The van der Waals surface area contributed by atoms with Crippen LogP contribution in [0.15, 0.2) is 30.3 Å². The molecule has 0 aromatic heterocycles. The van der Waals surface area contributed by atoms with Gasteiger partial charge in [0.2, 0.25) is 0 Å². The van der Waals surface area contributed by atoms with Crippen molar-refractivity contribution < 1.29 is 47.4 Å². The molecule has 0 radical (unpaired) electrons. The molecule has 1 heterocycles. The first-order valence-electron chi connectivity index (χ1n) is 10.3. The van der Waals surface area contributed by atoms with Gasteiger partial charge in [0, 0.05) is 18.4 Å². The molecule has 3 rings (SSSR count). The van der Waals surface area contributed by atoms with Gasteiger partial charge in [-0.1, -0.05) is 13.0 Å². The second kappa shape index (κ2) is 10.6. The zero-order valence-corrected chi connectivity index (χ0v) is 21.1. The first kappa shape index (κ1) is 24.6. The number of hydrogen-bond donors (Lipinski definition) is 0. The first-order valence-corrected chi connectivity index (χ1v) is 10.3. The Bertz CT molecular complexity index is 857. The highest BCUT2D eigenvalue weighted by atomic mass is 127. The van der Waals surface area contributed by atoms with Gasteiger partial charge in [-0.05, 0) is 41.8 Å². The van der Waals surface area contributed by atoms with E-state index in [2.05, 4.69) is 38.2 Å². The van der Waals surface area contributed by atoms with Crippen LogP contribution in [-0.4, -0.2) is 53.1 Å². The van der Waals surface area contributed by atoms with Crippen LogP contribution in [0.4, 0.5) is 0 Å². The summed E-state index contributed by atoms with van der Waals surface area (Å²) in [6.45, 7) is 4.53. The fourth-order valence-electron chi connectivity index (χ4n) is 4.67. The van der Waals surface area contributed by atoms with Crippen LogP contribution in [0.25, 0.3) is 0 Å². The lowest BCUT2D eigenvalue weighted by Crippen LogP contribution is -3.00. The SMILES string of the molecule is CCC[N+]1(C)CCc2cc(OC)c(OC)cc2C1Cc1ccc(OC)c(OC)c1.[I-]. The van der Waals surface area contributed by atoms with Crippen LogP contribution in [0.5, 0.6) is 23.0 Å². The van der Waals surface area contributed by atoms with Gasteiger partial charge in [-0.3, -0.25) is 0 Å². The molecule has 6 heteroatoms. The van der Waals surface area contributed by atoms with E-state index in [1.165, 1.54) is 16.7 Å². The van der Waals surface area contributed by atoms with E-state index in [1.54, 1.807) is 28.4 Å². The molecule has 0 bridgehead atoms. The van der Waals surface area contributed by atoms with Crippen molar-refractivity contribution in [3.05, 3.63) is 47.0 Å². The minimum Gasteiger partial charge on any atom is -1.00 e. The second-order valence-corrected chi connectivity index (χ2v) is 7.99. The molecule has 1 aliphatic heterocycles. The van der Waals surface area contributed by atoms with E-state index in [9.17, 15) is 0 Å². The maximum atomic E-state index is 5.63. The lowest BCUT2D eigenvalue weighted by atomic mass is 9.86. The van der Waals surface area contributed by atoms with Gasteiger partial charge in [0.15, 0.2) is 23.0 Å². The molecule has 0 saturated heterocycles. The molecular formula is C24H34INO4. The van der Waals surface area contributed by atoms with Crippen molar-refractivity contribution in [1.29, 1.82) is 0 Å². The average molecular weight is 527 g/mol. The number of fused-ring (bicyclic) bond motifs is 1. The van der Waals surface area contributed by atoms with E-state index in [0.29, 0.717) is 6.04 Å². The number of ether oxygens (including phenoxy) is 4. The predicted octanol–water partition coefficient (Wildman–Crippen LogP) is 1.42. The summed E-state index contributed by atoms with van der Waals surface area (Å²) < 4.78 is 23.1. The van der Waals surface area contributed by atoms with Crippen LogP contribution in [0.2, 0.25) is 0 Å². The summed E-state index contributed by atoms with van der Waals surface area (Å²) in [6, 6.07) is 10.9. The smallest absolute Gasteiger partial charge is 0.161 e. The quantitative estimate of drug-likeness (QED) is 0.385. The van der Waals surface area contributed by atoms with Crippen molar-refractivity contribution in [3.63, 3.8) is 0 Å². The standard InChI is InChI=1S/C24H34NO4.HI/c1-7-11-25(2)12-10-18-15-23(28-5)24(29-6)16-19(18)20(25)13-17-8-9-21(26-3)22(14-17)27-4;/h8-9,14-16,20H,7,10-13H2,1-6H3;1H/q+1;/p-1. The zero-order valence-electron chi connectivity index (χ0n) is 19.0. The second-order valence-electron chi connectivity index (χ2n) is 7.99. The number of benzene rings is 2. The number of likely N-dealkylation sites (N-methyl/N-ethyl adjacent to an activating group) is 1. The van der Waals surface area contributed by atoms with Gasteiger partial charge in [-0.25, -0.2) is 0 Å². The Balaban J connectivity index is 0.00000320. The van der Waals surface area contributed by atoms with Crippen LogP contribution in [0.1, 0.15) is 36.1 Å². The maximum absolute atomic E-state index is 5.63. The summed E-state index contributed by atoms with van der Waals surface area (Å²) in [6.07, 6.45) is 3.13. The third-order valence-corrected chi connectivity index (χ3v) is 6.26. The first-order chi connectivity index (χ1) is 14.0. The largest absolute Gasteiger partial charge is 1.00 e. The molecular weight excluding hydrogens is 493 g/mol. The van der Waals surface area contributed by atoms with E-state index in [0.717, 1.165) is 59.8 Å². The van der Waals surface area contributed by atoms with Crippen molar-refractivity contribution in [2.75, 3.05) is 48.6 Å². The molecule has 0 aliphatic carbocycles. The van der Waals surface area contributed by atoms with Crippen LogP contribution < -0.4 is 42.9 Å². The normalized spacial score (nSPS) is 20.0. The summed E-state index contributed by atoms with van der Waals surface area (Å²) in [5, 5.41) is 0. The molecule has 5 nitrogen and oxygen atoms in total. The molecule has 0 amide bonds. The zero-order chi connectivity index (χ0) is 21.0. The number of halogens is 1. The number of nitrogens with zero attached hydrogens (tertiary/aromatic N) is 1. The topological polar surface area (TPSA) is 36.9 Å². The minimum absolute atomic E-state index is 0. The highest BCUT2D eigenvalue weighted by molar-refractivity contribution is 5.50. The molecule has 2 aromatic carbocycles. The molecule has 0 N–H and O–H groups in total. The van der Waals surface area contributed by atoms with Crippen molar-refractivity contribution in [2.45, 2.75) is 32.2 Å².